The molecule has 0 atom stereocenters. The Bertz CT molecular complexity index is 525. The minimum absolute atomic E-state index is 0.0164. The highest BCUT2D eigenvalue weighted by molar-refractivity contribution is 7.08. The number of hydrogen-bond donors (Lipinski definition) is 1. The molecule has 0 aliphatic rings. The summed E-state index contributed by atoms with van der Waals surface area (Å²) in [7, 11) is 0. The number of aromatic nitrogens is 2. The summed E-state index contributed by atoms with van der Waals surface area (Å²) in [4.78, 5) is 7.99. The number of alkyl halides is 2. The number of halogens is 2. The van der Waals surface area contributed by atoms with Crippen LogP contribution in [0.4, 0.5) is 8.78 Å². The van der Waals surface area contributed by atoms with Crippen molar-refractivity contribution in [1.29, 1.82) is 0 Å². The van der Waals surface area contributed by atoms with E-state index < -0.39 is 6.43 Å². The van der Waals surface area contributed by atoms with Crippen molar-refractivity contribution >= 4 is 11.3 Å². The Balaban J connectivity index is 2.51. The summed E-state index contributed by atoms with van der Waals surface area (Å²) < 4.78 is 25.6. The standard InChI is InChI=1S/C11H11F2N3S/c1-6-4-17-5-8(6)11-15-3-7(2-14)9(16-11)10(12)13/h3-5,10H,2,14H2,1H3. The van der Waals surface area contributed by atoms with Crippen molar-refractivity contribution in [1.82, 2.24) is 9.97 Å². The van der Waals surface area contributed by atoms with E-state index in [0.29, 0.717) is 5.82 Å². The topological polar surface area (TPSA) is 51.8 Å². The normalized spacial score (nSPS) is 11.1. The minimum atomic E-state index is -2.63. The van der Waals surface area contributed by atoms with Gasteiger partial charge in [0.15, 0.2) is 5.82 Å². The molecule has 2 aromatic heterocycles. The van der Waals surface area contributed by atoms with Crippen molar-refractivity contribution in [2.75, 3.05) is 0 Å². The van der Waals surface area contributed by atoms with Gasteiger partial charge in [-0.2, -0.15) is 11.3 Å². The second-order valence-corrected chi connectivity index (χ2v) is 4.32. The first kappa shape index (κ1) is 12.1. The molecule has 90 valence electrons. The van der Waals surface area contributed by atoms with Crippen LogP contribution in [0.15, 0.2) is 17.0 Å². The number of thiophene rings is 1. The summed E-state index contributed by atoms with van der Waals surface area (Å²) in [6, 6.07) is 0. The van der Waals surface area contributed by atoms with Crippen molar-refractivity contribution in [3.05, 3.63) is 33.8 Å². The summed E-state index contributed by atoms with van der Waals surface area (Å²) in [5.41, 5.74) is 7.16. The average molecular weight is 255 g/mol. The Hall–Kier alpha value is -1.40. The molecule has 0 aliphatic carbocycles. The molecule has 6 heteroatoms. The molecular formula is C11H11F2N3S. The monoisotopic (exact) mass is 255 g/mol. The third kappa shape index (κ3) is 2.32. The highest BCUT2D eigenvalue weighted by Gasteiger charge is 2.17. The van der Waals surface area contributed by atoms with Gasteiger partial charge < -0.3 is 5.73 Å². The molecule has 0 bridgehead atoms. The molecule has 2 N–H and O–H groups in total. The van der Waals surface area contributed by atoms with E-state index in [4.69, 9.17) is 5.73 Å². The van der Waals surface area contributed by atoms with Gasteiger partial charge >= 0.3 is 0 Å². The van der Waals surface area contributed by atoms with Crippen molar-refractivity contribution < 1.29 is 8.78 Å². The van der Waals surface area contributed by atoms with Crippen LogP contribution in [0, 0.1) is 6.92 Å². The first-order valence-corrected chi connectivity index (χ1v) is 5.95. The summed E-state index contributed by atoms with van der Waals surface area (Å²) in [6.45, 7) is 1.91. The largest absolute Gasteiger partial charge is 0.326 e. The lowest BCUT2D eigenvalue weighted by molar-refractivity contribution is 0.144. The van der Waals surface area contributed by atoms with Gasteiger partial charge in [-0.25, -0.2) is 18.7 Å². The Morgan fingerprint density at radius 2 is 2.18 bits per heavy atom. The van der Waals surface area contributed by atoms with Gasteiger partial charge in [0, 0.05) is 29.2 Å². The summed E-state index contributed by atoms with van der Waals surface area (Å²) >= 11 is 1.49. The van der Waals surface area contributed by atoms with Crippen LogP contribution in [0.2, 0.25) is 0 Å². The molecule has 0 aromatic carbocycles. The van der Waals surface area contributed by atoms with Gasteiger partial charge in [-0.05, 0) is 17.9 Å². The van der Waals surface area contributed by atoms with Gasteiger partial charge in [0.25, 0.3) is 6.43 Å². The summed E-state index contributed by atoms with van der Waals surface area (Å²) in [6.07, 6.45) is -1.25. The highest BCUT2D eigenvalue weighted by atomic mass is 32.1. The molecule has 0 saturated heterocycles. The molecule has 2 heterocycles. The van der Waals surface area contributed by atoms with Gasteiger partial charge in [0.05, 0.1) is 0 Å². The Kier molecular flexibility index (Phi) is 3.44. The second kappa shape index (κ2) is 4.85. The molecule has 0 saturated carbocycles. The van der Waals surface area contributed by atoms with Gasteiger partial charge in [0.1, 0.15) is 5.69 Å². The highest BCUT2D eigenvalue weighted by Crippen LogP contribution is 2.27. The zero-order valence-electron chi connectivity index (χ0n) is 9.15. The van der Waals surface area contributed by atoms with Crippen molar-refractivity contribution in [3.8, 4) is 11.4 Å². The predicted octanol–water partition coefficient (Wildman–Crippen LogP) is 2.91. The number of aryl methyl sites for hydroxylation is 1. The maximum atomic E-state index is 12.8. The maximum Gasteiger partial charge on any atom is 0.280 e. The van der Waals surface area contributed by atoms with Crippen molar-refractivity contribution in [2.24, 2.45) is 5.73 Å². The predicted molar refractivity (Wildman–Crippen MR) is 62.9 cm³/mol. The molecule has 2 rings (SSSR count). The molecular weight excluding hydrogens is 244 g/mol. The SMILES string of the molecule is Cc1cscc1-c1ncc(CN)c(C(F)F)n1. The zero-order valence-corrected chi connectivity index (χ0v) is 9.97. The van der Waals surface area contributed by atoms with Gasteiger partial charge in [-0.1, -0.05) is 0 Å². The van der Waals surface area contributed by atoms with E-state index in [9.17, 15) is 8.78 Å². The number of nitrogens with zero attached hydrogens (tertiary/aromatic N) is 2. The van der Waals surface area contributed by atoms with Crippen LogP contribution >= 0.6 is 11.3 Å². The number of nitrogens with two attached hydrogens (primary N) is 1. The smallest absolute Gasteiger partial charge is 0.280 e. The first-order chi connectivity index (χ1) is 8.13. The lowest BCUT2D eigenvalue weighted by atomic mass is 10.2. The second-order valence-electron chi connectivity index (χ2n) is 3.58. The summed E-state index contributed by atoms with van der Waals surface area (Å²) in [5.74, 6) is 0.330. The molecule has 0 aliphatic heterocycles. The Morgan fingerprint density at radius 3 is 2.71 bits per heavy atom. The Labute approximate surface area is 101 Å². The van der Waals surface area contributed by atoms with Crippen LogP contribution < -0.4 is 5.73 Å². The van der Waals surface area contributed by atoms with E-state index in [1.807, 2.05) is 17.7 Å². The van der Waals surface area contributed by atoms with E-state index in [2.05, 4.69) is 9.97 Å². The molecule has 0 spiro atoms. The molecule has 0 amide bonds. The fraction of sp³-hybridized carbons (Fsp3) is 0.273. The van der Waals surface area contributed by atoms with Gasteiger partial charge in [-0.3, -0.25) is 0 Å². The average Bonchev–Trinajstić information content (AvgIpc) is 2.74. The minimum Gasteiger partial charge on any atom is -0.326 e. The molecule has 2 aromatic rings. The lowest BCUT2D eigenvalue weighted by Gasteiger charge is -2.07. The van der Waals surface area contributed by atoms with E-state index in [0.717, 1.165) is 11.1 Å². The van der Waals surface area contributed by atoms with Gasteiger partial charge in [0.2, 0.25) is 0 Å². The van der Waals surface area contributed by atoms with Crippen LogP contribution in [0.5, 0.6) is 0 Å². The molecule has 0 fully saturated rings. The van der Waals surface area contributed by atoms with Crippen LogP contribution in [-0.4, -0.2) is 9.97 Å². The van der Waals surface area contributed by atoms with E-state index in [-0.39, 0.29) is 17.8 Å². The van der Waals surface area contributed by atoms with Crippen LogP contribution in [0.25, 0.3) is 11.4 Å². The summed E-state index contributed by atoms with van der Waals surface area (Å²) in [5, 5.41) is 3.78. The van der Waals surface area contributed by atoms with Crippen molar-refractivity contribution in [2.45, 2.75) is 19.9 Å². The van der Waals surface area contributed by atoms with Crippen molar-refractivity contribution in [3.63, 3.8) is 0 Å². The maximum absolute atomic E-state index is 12.8. The number of rotatable bonds is 3. The fourth-order valence-corrected chi connectivity index (χ4v) is 2.31. The quantitative estimate of drug-likeness (QED) is 0.917. The fourth-order valence-electron chi connectivity index (χ4n) is 1.49. The molecule has 17 heavy (non-hydrogen) atoms. The van der Waals surface area contributed by atoms with Crippen LogP contribution in [0.1, 0.15) is 23.2 Å². The molecule has 0 unspecified atom stereocenters. The van der Waals surface area contributed by atoms with E-state index >= 15 is 0 Å². The lowest BCUT2D eigenvalue weighted by Crippen LogP contribution is -2.06. The molecule has 0 radical (unpaired) electrons. The van der Waals surface area contributed by atoms with E-state index in [1.54, 1.807) is 0 Å². The molecule has 3 nitrogen and oxygen atoms in total. The first-order valence-electron chi connectivity index (χ1n) is 5.00. The third-order valence-electron chi connectivity index (χ3n) is 2.42. The van der Waals surface area contributed by atoms with E-state index in [1.165, 1.54) is 17.5 Å². The third-order valence-corrected chi connectivity index (χ3v) is 3.28. The van der Waals surface area contributed by atoms with Gasteiger partial charge in [-0.15, -0.1) is 0 Å². The Morgan fingerprint density at radius 1 is 1.41 bits per heavy atom. The zero-order chi connectivity index (χ0) is 12.4. The number of hydrogen-bond acceptors (Lipinski definition) is 4. The van der Waals surface area contributed by atoms with Crippen LogP contribution in [0.3, 0.4) is 0 Å². The van der Waals surface area contributed by atoms with Crippen LogP contribution in [-0.2, 0) is 6.54 Å².